The van der Waals surface area contributed by atoms with Gasteiger partial charge in [-0.05, 0) is 42.4 Å². The lowest BCUT2D eigenvalue weighted by molar-refractivity contribution is -0.130. The highest BCUT2D eigenvalue weighted by Gasteiger charge is 2.30. The summed E-state index contributed by atoms with van der Waals surface area (Å²) in [6.45, 7) is 10.4. The highest BCUT2D eigenvalue weighted by atomic mass is 32.2. The molecule has 0 spiro atoms. The van der Waals surface area contributed by atoms with Gasteiger partial charge in [-0.3, -0.25) is 9.69 Å². The van der Waals surface area contributed by atoms with E-state index in [1.54, 1.807) is 18.9 Å². The van der Waals surface area contributed by atoms with Crippen molar-refractivity contribution >= 4 is 23.4 Å². The highest BCUT2D eigenvalue weighted by molar-refractivity contribution is 8.00. The summed E-state index contributed by atoms with van der Waals surface area (Å²) in [5, 5.41) is 0.514. The van der Waals surface area contributed by atoms with Gasteiger partial charge in [-0.15, -0.1) is 11.8 Å². The number of ether oxygens (including phenoxy) is 1. The number of rotatable bonds is 6. The molecule has 2 aliphatic rings. The molecule has 0 aliphatic carbocycles. The molecule has 5 nitrogen and oxygen atoms in total. The fourth-order valence-electron chi connectivity index (χ4n) is 3.95. The number of carbonyl (C=O) groups is 1. The van der Waals surface area contributed by atoms with Crippen molar-refractivity contribution in [1.82, 2.24) is 9.80 Å². The number of piperidine rings is 1. The third-order valence-corrected chi connectivity index (χ3v) is 6.64. The van der Waals surface area contributed by atoms with Gasteiger partial charge in [-0.1, -0.05) is 13.8 Å². The Morgan fingerprint density at radius 2 is 1.85 bits per heavy atom. The van der Waals surface area contributed by atoms with E-state index in [-0.39, 0.29) is 0 Å². The zero-order chi connectivity index (χ0) is 19.2. The lowest BCUT2D eigenvalue weighted by Crippen LogP contribution is -2.56. The topological polar surface area (TPSA) is 36.0 Å². The average Bonchev–Trinajstić information content (AvgIpc) is 2.72. The Balaban J connectivity index is 1.49. The van der Waals surface area contributed by atoms with Crippen LogP contribution in [-0.4, -0.2) is 79.1 Å². The minimum Gasteiger partial charge on any atom is -0.497 e. The summed E-state index contributed by atoms with van der Waals surface area (Å²) in [4.78, 5) is 19.6. The molecular weight excluding hydrogens is 358 g/mol. The number of likely N-dealkylation sites (tertiary alicyclic amines) is 1. The van der Waals surface area contributed by atoms with Crippen molar-refractivity contribution in [3.8, 4) is 5.75 Å². The SMILES string of the molecule is COc1ccc(N2CCN([C@H]3CCCN(C(=O)CSC(C)C)C3)CC2)cc1. The van der Waals surface area contributed by atoms with Crippen LogP contribution in [0, 0.1) is 0 Å². The Hall–Kier alpha value is -1.40. The quantitative estimate of drug-likeness (QED) is 0.745. The summed E-state index contributed by atoms with van der Waals surface area (Å²) in [6, 6.07) is 8.86. The predicted molar refractivity (Wildman–Crippen MR) is 114 cm³/mol. The van der Waals surface area contributed by atoms with Gasteiger partial charge < -0.3 is 14.5 Å². The van der Waals surface area contributed by atoms with Gasteiger partial charge in [0.05, 0.1) is 12.9 Å². The fourth-order valence-corrected chi connectivity index (χ4v) is 4.61. The first kappa shape index (κ1) is 20.3. The molecule has 2 heterocycles. The predicted octanol–water partition coefficient (Wildman–Crippen LogP) is 2.95. The summed E-state index contributed by atoms with van der Waals surface area (Å²) in [5.74, 6) is 1.84. The van der Waals surface area contributed by atoms with Crippen molar-refractivity contribution in [1.29, 1.82) is 0 Å². The Kier molecular flexibility index (Phi) is 7.30. The van der Waals surface area contributed by atoms with Crippen LogP contribution in [0.15, 0.2) is 24.3 Å². The van der Waals surface area contributed by atoms with Gasteiger partial charge in [0.15, 0.2) is 0 Å². The van der Waals surface area contributed by atoms with E-state index in [9.17, 15) is 4.79 Å². The maximum absolute atomic E-state index is 12.5. The van der Waals surface area contributed by atoms with Crippen LogP contribution in [0.5, 0.6) is 5.75 Å². The van der Waals surface area contributed by atoms with Crippen LogP contribution in [0.1, 0.15) is 26.7 Å². The van der Waals surface area contributed by atoms with Crippen molar-refractivity contribution < 1.29 is 9.53 Å². The summed E-state index contributed by atoms with van der Waals surface area (Å²) < 4.78 is 5.25. The third-order valence-electron chi connectivity index (χ3n) is 5.56. The second-order valence-corrected chi connectivity index (χ2v) is 9.28. The third kappa shape index (κ3) is 5.55. The van der Waals surface area contributed by atoms with E-state index in [0.717, 1.165) is 51.4 Å². The lowest BCUT2D eigenvalue weighted by atomic mass is 10.0. The summed E-state index contributed by atoms with van der Waals surface area (Å²) in [5.41, 5.74) is 1.27. The largest absolute Gasteiger partial charge is 0.497 e. The maximum Gasteiger partial charge on any atom is 0.232 e. The van der Waals surface area contributed by atoms with Crippen LogP contribution in [0.25, 0.3) is 0 Å². The smallest absolute Gasteiger partial charge is 0.232 e. The van der Waals surface area contributed by atoms with E-state index in [2.05, 4.69) is 40.7 Å². The van der Waals surface area contributed by atoms with Crippen molar-refractivity contribution in [2.45, 2.75) is 38.0 Å². The zero-order valence-corrected chi connectivity index (χ0v) is 17.7. The van der Waals surface area contributed by atoms with Crippen LogP contribution in [0.2, 0.25) is 0 Å². The lowest BCUT2D eigenvalue weighted by Gasteiger charge is -2.44. The van der Waals surface area contributed by atoms with Crippen molar-refractivity contribution in [2.24, 2.45) is 0 Å². The molecule has 2 fully saturated rings. The van der Waals surface area contributed by atoms with Crippen LogP contribution in [0.4, 0.5) is 5.69 Å². The molecule has 0 aromatic heterocycles. The first-order valence-electron chi connectivity index (χ1n) is 10.1. The minimum absolute atomic E-state index is 0.315. The molecule has 0 bridgehead atoms. The molecule has 1 aromatic rings. The van der Waals surface area contributed by atoms with Gasteiger partial charge in [-0.2, -0.15) is 0 Å². The summed E-state index contributed by atoms with van der Waals surface area (Å²) >= 11 is 1.75. The van der Waals surface area contributed by atoms with E-state index in [0.29, 0.717) is 23.0 Å². The second kappa shape index (κ2) is 9.69. The van der Waals surface area contributed by atoms with Gasteiger partial charge >= 0.3 is 0 Å². The van der Waals surface area contributed by atoms with Crippen LogP contribution >= 0.6 is 11.8 Å². The Morgan fingerprint density at radius 3 is 2.48 bits per heavy atom. The number of hydrogen-bond donors (Lipinski definition) is 0. The first-order chi connectivity index (χ1) is 13.1. The van der Waals surface area contributed by atoms with E-state index in [4.69, 9.17) is 4.74 Å². The number of methoxy groups -OCH3 is 1. The van der Waals surface area contributed by atoms with E-state index in [1.165, 1.54) is 12.1 Å². The number of benzene rings is 1. The number of piperazine rings is 1. The van der Waals surface area contributed by atoms with Gasteiger partial charge in [0.25, 0.3) is 0 Å². The highest BCUT2D eigenvalue weighted by Crippen LogP contribution is 2.23. The molecule has 27 heavy (non-hydrogen) atoms. The van der Waals surface area contributed by atoms with Crippen molar-refractivity contribution in [2.75, 3.05) is 57.0 Å². The normalized spacial score (nSPS) is 21.6. The van der Waals surface area contributed by atoms with Crippen LogP contribution in [0.3, 0.4) is 0 Å². The Bertz CT molecular complexity index is 600. The van der Waals surface area contributed by atoms with E-state index >= 15 is 0 Å². The first-order valence-corrected chi connectivity index (χ1v) is 11.1. The zero-order valence-electron chi connectivity index (χ0n) is 16.9. The Labute approximate surface area is 168 Å². The fraction of sp³-hybridized carbons (Fsp3) is 0.667. The number of thioether (sulfide) groups is 1. The number of carbonyl (C=O) groups excluding carboxylic acids is 1. The molecule has 1 atom stereocenters. The van der Waals surface area contributed by atoms with Gasteiger partial charge in [0, 0.05) is 51.0 Å². The molecule has 2 aliphatic heterocycles. The minimum atomic E-state index is 0.315. The summed E-state index contributed by atoms with van der Waals surface area (Å²) in [6.07, 6.45) is 2.34. The number of amides is 1. The van der Waals surface area contributed by atoms with Gasteiger partial charge in [-0.25, -0.2) is 0 Å². The number of anilines is 1. The molecule has 1 amide bonds. The molecule has 3 rings (SSSR count). The van der Waals surface area contributed by atoms with Gasteiger partial charge in [0.2, 0.25) is 5.91 Å². The molecule has 6 heteroatoms. The number of hydrogen-bond acceptors (Lipinski definition) is 5. The molecule has 0 N–H and O–H groups in total. The standard InChI is InChI=1S/C21H33N3O2S/c1-17(2)27-16-21(25)24-10-4-5-19(15-24)23-13-11-22(12-14-23)18-6-8-20(26-3)9-7-18/h6-9,17,19H,4-5,10-16H2,1-3H3/t19-/m0/s1. The monoisotopic (exact) mass is 391 g/mol. The number of nitrogens with zero attached hydrogens (tertiary/aromatic N) is 3. The molecular formula is C21H33N3O2S. The molecule has 1 aromatic carbocycles. The second-order valence-electron chi connectivity index (χ2n) is 7.72. The van der Waals surface area contributed by atoms with Gasteiger partial charge in [0.1, 0.15) is 5.75 Å². The molecule has 0 saturated carbocycles. The van der Waals surface area contributed by atoms with Crippen molar-refractivity contribution in [3.05, 3.63) is 24.3 Å². The van der Waals surface area contributed by atoms with Crippen LogP contribution in [-0.2, 0) is 4.79 Å². The molecule has 2 saturated heterocycles. The average molecular weight is 392 g/mol. The van der Waals surface area contributed by atoms with Crippen molar-refractivity contribution in [3.63, 3.8) is 0 Å². The molecule has 0 unspecified atom stereocenters. The molecule has 0 radical (unpaired) electrons. The Morgan fingerprint density at radius 1 is 1.15 bits per heavy atom. The summed E-state index contributed by atoms with van der Waals surface area (Å²) in [7, 11) is 1.70. The van der Waals surface area contributed by atoms with Crippen LogP contribution < -0.4 is 9.64 Å². The maximum atomic E-state index is 12.5. The van der Waals surface area contributed by atoms with E-state index in [1.807, 2.05) is 12.1 Å². The molecule has 150 valence electrons. The van der Waals surface area contributed by atoms with E-state index < -0.39 is 0 Å².